The SMILES string of the molecule is Cc1cccc(N)c1S(=O)(=O)NC(C)CCCO. The smallest absolute Gasteiger partial charge is 0.243 e. The highest BCUT2D eigenvalue weighted by Crippen LogP contribution is 2.22. The summed E-state index contributed by atoms with van der Waals surface area (Å²) in [5.41, 5.74) is 6.59. The van der Waals surface area contributed by atoms with Gasteiger partial charge in [0.1, 0.15) is 4.90 Å². The van der Waals surface area contributed by atoms with Crippen LogP contribution in [-0.2, 0) is 10.0 Å². The first-order valence-corrected chi connectivity index (χ1v) is 7.35. The zero-order valence-electron chi connectivity index (χ0n) is 10.7. The molecule has 0 aromatic heterocycles. The average Bonchev–Trinajstić information content (AvgIpc) is 2.25. The van der Waals surface area contributed by atoms with Crippen molar-refractivity contribution in [2.45, 2.75) is 37.6 Å². The van der Waals surface area contributed by atoms with Gasteiger partial charge in [0.25, 0.3) is 0 Å². The van der Waals surface area contributed by atoms with Crippen molar-refractivity contribution >= 4 is 15.7 Å². The molecule has 0 saturated heterocycles. The average molecular weight is 272 g/mol. The van der Waals surface area contributed by atoms with Crippen molar-refractivity contribution in [3.8, 4) is 0 Å². The van der Waals surface area contributed by atoms with Crippen LogP contribution in [0.25, 0.3) is 0 Å². The van der Waals surface area contributed by atoms with E-state index in [1.165, 1.54) is 0 Å². The number of hydrogen-bond acceptors (Lipinski definition) is 4. The van der Waals surface area contributed by atoms with Crippen LogP contribution in [-0.4, -0.2) is 26.2 Å². The Morgan fingerprint density at radius 1 is 1.44 bits per heavy atom. The lowest BCUT2D eigenvalue weighted by atomic mass is 10.2. The van der Waals surface area contributed by atoms with Crippen molar-refractivity contribution in [3.05, 3.63) is 23.8 Å². The molecule has 0 aliphatic heterocycles. The lowest BCUT2D eigenvalue weighted by molar-refractivity contribution is 0.279. The monoisotopic (exact) mass is 272 g/mol. The first kappa shape index (κ1) is 14.9. The summed E-state index contributed by atoms with van der Waals surface area (Å²) in [5, 5.41) is 8.72. The largest absolute Gasteiger partial charge is 0.398 e. The van der Waals surface area contributed by atoms with E-state index >= 15 is 0 Å². The highest BCUT2D eigenvalue weighted by atomic mass is 32.2. The number of anilines is 1. The van der Waals surface area contributed by atoms with Crippen LogP contribution in [0.1, 0.15) is 25.3 Å². The molecule has 1 unspecified atom stereocenters. The molecule has 102 valence electrons. The Balaban J connectivity index is 2.93. The van der Waals surface area contributed by atoms with Gasteiger partial charge in [0.05, 0.1) is 5.69 Å². The summed E-state index contributed by atoms with van der Waals surface area (Å²) in [6, 6.07) is 4.77. The number of rotatable bonds is 6. The zero-order valence-corrected chi connectivity index (χ0v) is 11.5. The number of aliphatic hydroxyl groups excluding tert-OH is 1. The van der Waals surface area contributed by atoms with Crippen LogP contribution < -0.4 is 10.5 Å². The molecular weight excluding hydrogens is 252 g/mol. The van der Waals surface area contributed by atoms with Crippen molar-refractivity contribution in [3.63, 3.8) is 0 Å². The minimum atomic E-state index is -3.61. The lowest BCUT2D eigenvalue weighted by Gasteiger charge is -2.16. The predicted molar refractivity (Wildman–Crippen MR) is 71.7 cm³/mol. The number of sulfonamides is 1. The van der Waals surface area contributed by atoms with Gasteiger partial charge in [-0.1, -0.05) is 12.1 Å². The molecule has 0 spiro atoms. The van der Waals surface area contributed by atoms with E-state index in [2.05, 4.69) is 4.72 Å². The maximum Gasteiger partial charge on any atom is 0.243 e. The zero-order chi connectivity index (χ0) is 13.8. The molecule has 0 saturated carbocycles. The Morgan fingerprint density at radius 2 is 2.11 bits per heavy atom. The Labute approximate surface area is 108 Å². The molecule has 0 aliphatic carbocycles. The van der Waals surface area contributed by atoms with Crippen molar-refractivity contribution in [1.82, 2.24) is 4.72 Å². The molecular formula is C12H20N2O3S. The lowest BCUT2D eigenvalue weighted by Crippen LogP contribution is -2.33. The molecule has 1 aromatic carbocycles. The third kappa shape index (κ3) is 3.69. The van der Waals surface area contributed by atoms with Crippen molar-refractivity contribution in [2.75, 3.05) is 12.3 Å². The second-order valence-electron chi connectivity index (χ2n) is 4.38. The van der Waals surface area contributed by atoms with Crippen LogP contribution in [0.2, 0.25) is 0 Å². The Morgan fingerprint density at radius 3 is 2.67 bits per heavy atom. The molecule has 1 aromatic rings. The highest BCUT2D eigenvalue weighted by Gasteiger charge is 2.21. The maximum absolute atomic E-state index is 12.2. The van der Waals surface area contributed by atoms with Crippen molar-refractivity contribution < 1.29 is 13.5 Å². The van der Waals surface area contributed by atoms with Crippen LogP contribution in [0.4, 0.5) is 5.69 Å². The van der Waals surface area contributed by atoms with Crippen molar-refractivity contribution in [2.24, 2.45) is 0 Å². The van der Waals surface area contributed by atoms with Crippen LogP contribution in [0.15, 0.2) is 23.1 Å². The fourth-order valence-corrected chi connectivity index (χ4v) is 3.46. The minimum Gasteiger partial charge on any atom is -0.398 e. The van der Waals surface area contributed by atoms with E-state index in [1.807, 2.05) is 0 Å². The van der Waals surface area contributed by atoms with Gasteiger partial charge in [0, 0.05) is 12.6 Å². The number of benzene rings is 1. The van der Waals surface area contributed by atoms with Crippen LogP contribution >= 0.6 is 0 Å². The highest BCUT2D eigenvalue weighted by molar-refractivity contribution is 7.89. The van der Waals surface area contributed by atoms with Gasteiger partial charge in [-0.05, 0) is 38.3 Å². The number of nitrogens with one attached hydrogen (secondary N) is 1. The summed E-state index contributed by atoms with van der Waals surface area (Å²) >= 11 is 0. The van der Waals surface area contributed by atoms with E-state index < -0.39 is 10.0 Å². The topological polar surface area (TPSA) is 92.4 Å². The standard InChI is InChI=1S/C12H20N2O3S/c1-9-5-3-7-11(13)12(9)18(16,17)14-10(2)6-4-8-15/h3,5,7,10,14-15H,4,6,8,13H2,1-2H3. The van der Waals surface area contributed by atoms with Gasteiger partial charge in [-0.3, -0.25) is 0 Å². The summed E-state index contributed by atoms with van der Waals surface area (Å²) < 4.78 is 27.0. The molecule has 5 nitrogen and oxygen atoms in total. The molecule has 0 radical (unpaired) electrons. The minimum absolute atomic E-state index is 0.0541. The molecule has 1 rings (SSSR count). The van der Waals surface area contributed by atoms with Gasteiger partial charge in [-0.15, -0.1) is 0 Å². The molecule has 0 amide bonds. The molecule has 18 heavy (non-hydrogen) atoms. The third-order valence-corrected chi connectivity index (χ3v) is 4.47. The fourth-order valence-electron chi connectivity index (χ4n) is 1.82. The summed E-state index contributed by atoms with van der Waals surface area (Å²) in [6.45, 7) is 3.53. The number of nitrogen functional groups attached to an aromatic ring is 1. The fraction of sp³-hybridized carbons (Fsp3) is 0.500. The van der Waals surface area contributed by atoms with Gasteiger partial charge in [0.15, 0.2) is 0 Å². The van der Waals surface area contributed by atoms with E-state index in [1.54, 1.807) is 32.0 Å². The van der Waals surface area contributed by atoms with Crippen molar-refractivity contribution in [1.29, 1.82) is 0 Å². The van der Waals surface area contributed by atoms with Crippen LogP contribution in [0.5, 0.6) is 0 Å². The van der Waals surface area contributed by atoms with Crippen LogP contribution in [0.3, 0.4) is 0 Å². The van der Waals surface area contributed by atoms with E-state index in [0.29, 0.717) is 18.4 Å². The van der Waals surface area contributed by atoms with Gasteiger partial charge in [0.2, 0.25) is 10.0 Å². The predicted octanol–water partition coefficient (Wildman–Crippen LogP) is 1.02. The molecule has 0 bridgehead atoms. The van der Waals surface area contributed by atoms with Gasteiger partial charge >= 0.3 is 0 Å². The molecule has 6 heteroatoms. The summed E-state index contributed by atoms with van der Waals surface area (Å²) in [7, 11) is -3.61. The second-order valence-corrected chi connectivity index (χ2v) is 6.03. The van der Waals surface area contributed by atoms with E-state index in [4.69, 9.17) is 10.8 Å². The Kier molecular flexibility index (Phi) is 5.13. The first-order chi connectivity index (χ1) is 8.38. The Hall–Kier alpha value is -1.11. The summed E-state index contributed by atoms with van der Waals surface area (Å²) in [4.78, 5) is 0.140. The Bertz CT molecular complexity index is 480. The second kappa shape index (κ2) is 6.17. The molecule has 0 aliphatic rings. The number of aryl methyl sites for hydroxylation is 1. The quantitative estimate of drug-likeness (QED) is 0.674. The number of nitrogens with two attached hydrogens (primary N) is 1. The summed E-state index contributed by atoms with van der Waals surface area (Å²) in [6.07, 6.45) is 1.15. The van der Waals surface area contributed by atoms with E-state index in [-0.39, 0.29) is 23.2 Å². The molecule has 1 atom stereocenters. The molecule has 0 fully saturated rings. The summed E-state index contributed by atoms with van der Waals surface area (Å²) in [5.74, 6) is 0. The normalized spacial score (nSPS) is 13.5. The van der Waals surface area contributed by atoms with Gasteiger partial charge in [-0.2, -0.15) is 0 Å². The molecule has 0 heterocycles. The van der Waals surface area contributed by atoms with Gasteiger partial charge < -0.3 is 10.8 Å². The molecule has 4 N–H and O–H groups in total. The first-order valence-electron chi connectivity index (χ1n) is 5.86. The number of hydrogen-bond donors (Lipinski definition) is 3. The third-order valence-electron chi connectivity index (χ3n) is 2.66. The van der Waals surface area contributed by atoms with Gasteiger partial charge in [-0.25, -0.2) is 13.1 Å². The van der Waals surface area contributed by atoms with E-state index in [9.17, 15) is 8.42 Å². The number of aliphatic hydroxyl groups is 1. The van der Waals surface area contributed by atoms with Crippen LogP contribution in [0, 0.1) is 6.92 Å². The maximum atomic E-state index is 12.2. The van der Waals surface area contributed by atoms with E-state index in [0.717, 1.165) is 0 Å².